The molecule has 0 bridgehead atoms. The number of hydrogen-bond acceptors (Lipinski definition) is 4. The molecule has 182 valence electrons. The van der Waals surface area contributed by atoms with Crippen LogP contribution in [0.25, 0.3) is 0 Å². The molecular formula is C27H44O5. The van der Waals surface area contributed by atoms with E-state index < -0.39 is 5.97 Å². The van der Waals surface area contributed by atoms with Gasteiger partial charge in [0.15, 0.2) is 0 Å². The number of unbranched alkanes of at least 4 members (excludes halogenated alkanes) is 9. The first kappa shape index (κ1) is 28.2. The summed E-state index contributed by atoms with van der Waals surface area (Å²) in [5.41, 5.74) is 1.11. The van der Waals surface area contributed by atoms with Crippen LogP contribution in [0.15, 0.2) is 30.3 Å². The van der Waals surface area contributed by atoms with Gasteiger partial charge in [-0.2, -0.15) is 0 Å². The lowest BCUT2D eigenvalue weighted by Gasteiger charge is -2.27. The van der Waals surface area contributed by atoms with Gasteiger partial charge in [0.25, 0.3) is 0 Å². The zero-order chi connectivity index (χ0) is 23.4. The van der Waals surface area contributed by atoms with E-state index in [4.69, 9.17) is 14.6 Å². The first-order valence-corrected chi connectivity index (χ1v) is 12.6. The molecule has 0 heterocycles. The van der Waals surface area contributed by atoms with Gasteiger partial charge < -0.3 is 14.6 Å². The lowest BCUT2D eigenvalue weighted by atomic mass is 9.99. The third-order valence-corrected chi connectivity index (χ3v) is 5.76. The van der Waals surface area contributed by atoms with Crippen molar-refractivity contribution in [3.05, 3.63) is 35.9 Å². The molecule has 0 aliphatic rings. The van der Waals surface area contributed by atoms with Crippen LogP contribution in [0.2, 0.25) is 0 Å². The van der Waals surface area contributed by atoms with Gasteiger partial charge in [0.2, 0.25) is 0 Å². The highest BCUT2D eigenvalue weighted by molar-refractivity contribution is 5.66. The number of carboxylic acid groups (broad SMARTS) is 1. The highest BCUT2D eigenvalue weighted by Crippen LogP contribution is 2.21. The van der Waals surface area contributed by atoms with Crippen molar-refractivity contribution in [2.45, 2.75) is 123 Å². The van der Waals surface area contributed by atoms with Crippen molar-refractivity contribution >= 4 is 11.9 Å². The smallest absolute Gasteiger partial charge is 0.303 e. The summed E-state index contributed by atoms with van der Waals surface area (Å²) in [5.74, 6) is -1.05. The fraction of sp³-hybridized carbons (Fsp3) is 0.704. The molecule has 0 aliphatic carbocycles. The van der Waals surface area contributed by atoms with Crippen molar-refractivity contribution in [3.63, 3.8) is 0 Å². The number of benzene rings is 1. The Morgan fingerprint density at radius 2 is 1.38 bits per heavy atom. The highest BCUT2D eigenvalue weighted by Gasteiger charge is 2.24. The summed E-state index contributed by atoms with van der Waals surface area (Å²) in [5, 5.41) is 8.82. The molecule has 5 heteroatoms. The third kappa shape index (κ3) is 15.0. The number of rotatable bonds is 20. The normalized spacial score (nSPS) is 12.9. The monoisotopic (exact) mass is 448 g/mol. The van der Waals surface area contributed by atoms with Crippen LogP contribution >= 0.6 is 0 Å². The van der Waals surface area contributed by atoms with E-state index in [0.717, 1.165) is 31.2 Å². The van der Waals surface area contributed by atoms with Crippen molar-refractivity contribution in [1.82, 2.24) is 0 Å². The highest BCUT2D eigenvalue weighted by atomic mass is 16.6. The summed E-state index contributed by atoms with van der Waals surface area (Å²) in [6.45, 7) is 4.18. The van der Waals surface area contributed by atoms with Crippen molar-refractivity contribution in [2.24, 2.45) is 0 Å². The largest absolute Gasteiger partial charge is 0.481 e. The fourth-order valence-corrected chi connectivity index (χ4v) is 3.97. The minimum atomic E-state index is -0.764. The molecule has 5 nitrogen and oxygen atoms in total. The second-order valence-corrected chi connectivity index (χ2v) is 8.74. The van der Waals surface area contributed by atoms with Crippen molar-refractivity contribution in [2.75, 3.05) is 0 Å². The van der Waals surface area contributed by atoms with E-state index in [1.54, 1.807) is 0 Å². The molecule has 0 radical (unpaired) electrons. The van der Waals surface area contributed by atoms with Crippen LogP contribution in [0.3, 0.4) is 0 Å². The van der Waals surface area contributed by atoms with E-state index in [1.807, 2.05) is 30.3 Å². The molecule has 0 amide bonds. The Morgan fingerprint density at radius 3 is 1.97 bits per heavy atom. The molecule has 0 aromatic heterocycles. The Labute approximate surface area is 194 Å². The molecule has 0 aliphatic heterocycles. The minimum Gasteiger partial charge on any atom is -0.481 e. The summed E-state index contributed by atoms with van der Waals surface area (Å²) in [6, 6.07) is 10.1. The summed E-state index contributed by atoms with van der Waals surface area (Å²) < 4.78 is 11.9. The van der Waals surface area contributed by atoms with Gasteiger partial charge in [-0.3, -0.25) is 9.59 Å². The van der Waals surface area contributed by atoms with Crippen LogP contribution in [-0.2, 0) is 25.7 Å². The Hall–Kier alpha value is -1.88. The van der Waals surface area contributed by atoms with Crippen molar-refractivity contribution < 1.29 is 24.2 Å². The second-order valence-electron chi connectivity index (χ2n) is 8.74. The molecule has 0 spiro atoms. The van der Waals surface area contributed by atoms with Gasteiger partial charge in [-0.05, 0) is 31.2 Å². The number of ether oxygens (including phenoxy) is 2. The van der Waals surface area contributed by atoms with E-state index in [1.165, 1.54) is 51.9 Å². The molecule has 0 fully saturated rings. The minimum absolute atomic E-state index is 0.140. The summed E-state index contributed by atoms with van der Waals surface area (Å²) in [4.78, 5) is 22.5. The van der Waals surface area contributed by atoms with E-state index in [9.17, 15) is 9.59 Å². The van der Waals surface area contributed by atoms with Crippen LogP contribution in [0.1, 0.15) is 109 Å². The predicted molar refractivity (Wildman–Crippen MR) is 129 cm³/mol. The molecule has 32 heavy (non-hydrogen) atoms. The Morgan fingerprint density at radius 1 is 0.812 bits per heavy atom. The number of aliphatic carboxylic acids is 1. The van der Waals surface area contributed by atoms with Crippen molar-refractivity contribution in [3.8, 4) is 0 Å². The van der Waals surface area contributed by atoms with Gasteiger partial charge in [0.05, 0.1) is 12.7 Å². The molecule has 1 N–H and O–H groups in total. The maximum atomic E-state index is 11.8. The zero-order valence-electron chi connectivity index (χ0n) is 20.2. The lowest BCUT2D eigenvalue weighted by Crippen LogP contribution is -2.33. The number of carboxylic acids is 1. The number of carbonyl (C=O) groups is 2. The van der Waals surface area contributed by atoms with E-state index in [-0.39, 0.29) is 24.6 Å². The fourth-order valence-electron chi connectivity index (χ4n) is 3.97. The van der Waals surface area contributed by atoms with Gasteiger partial charge in [-0.1, -0.05) is 95.0 Å². The number of carbonyl (C=O) groups excluding carboxylic acids is 1. The second kappa shape index (κ2) is 18.7. The standard InChI is InChI=1S/C27H44O5/c1-3-4-5-6-7-8-9-14-19-25(31-22-24-17-12-10-13-18-24)26(32-23(2)28)20-15-11-16-21-27(29)30/h10,12-13,17-18,25-26H,3-9,11,14-16,19-22H2,1-2H3,(H,29,30). The average molecular weight is 449 g/mol. The van der Waals surface area contributed by atoms with Crippen LogP contribution in [0, 0.1) is 0 Å². The summed E-state index contributed by atoms with van der Waals surface area (Å²) in [7, 11) is 0. The maximum Gasteiger partial charge on any atom is 0.303 e. The average Bonchev–Trinajstić information content (AvgIpc) is 2.77. The van der Waals surface area contributed by atoms with Gasteiger partial charge >= 0.3 is 11.9 Å². The molecule has 2 atom stereocenters. The van der Waals surface area contributed by atoms with Crippen LogP contribution in [-0.4, -0.2) is 29.3 Å². The van der Waals surface area contributed by atoms with Gasteiger partial charge in [-0.25, -0.2) is 0 Å². The molecule has 0 saturated carbocycles. The van der Waals surface area contributed by atoms with Crippen LogP contribution in [0.4, 0.5) is 0 Å². The predicted octanol–water partition coefficient (Wildman–Crippen LogP) is 7.07. The zero-order valence-corrected chi connectivity index (χ0v) is 20.2. The van der Waals surface area contributed by atoms with Crippen LogP contribution in [0.5, 0.6) is 0 Å². The molecule has 2 unspecified atom stereocenters. The topological polar surface area (TPSA) is 72.8 Å². The molecule has 1 aromatic rings. The lowest BCUT2D eigenvalue weighted by molar-refractivity contribution is -0.157. The molecule has 0 saturated heterocycles. The molecule has 1 rings (SSSR count). The quantitative estimate of drug-likeness (QED) is 0.171. The first-order valence-electron chi connectivity index (χ1n) is 12.6. The van der Waals surface area contributed by atoms with E-state index in [2.05, 4.69) is 6.92 Å². The van der Waals surface area contributed by atoms with Gasteiger partial charge in [-0.15, -0.1) is 0 Å². The Bertz CT molecular complexity index is 601. The van der Waals surface area contributed by atoms with Gasteiger partial charge in [0.1, 0.15) is 6.10 Å². The Kier molecular flexibility index (Phi) is 16.4. The van der Waals surface area contributed by atoms with Gasteiger partial charge in [0, 0.05) is 13.3 Å². The first-order chi connectivity index (χ1) is 15.5. The van der Waals surface area contributed by atoms with E-state index in [0.29, 0.717) is 19.4 Å². The molecular weight excluding hydrogens is 404 g/mol. The number of hydrogen-bond donors (Lipinski definition) is 1. The molecule has 1 aromatic carbocycles. The Balaban J connectivity index is 2.57. The van der Waals surface area contributed by atoms with Crippen LogP contribution < -0.4 is 0 Å². The van der Waals surface area contributed by atoms with E-state index >= 15 is 0 Å². The summed E-state index contributed by atoms with van der Waals surface area (Å²) in [6.07, 6.45) is 13.6. The SMILES string of the molecule is CCCCCCCCCCC(OCc1ccccc1)C(CCCCCC(=O)O)OC(C)=O. The summed E-state index contributed by atoms with van der Waals surface area (Å²) >= 11 is 0. The maximum absolute atomic E-state index is 11.8. The third-order valence-electron chi connectivity index (χ3n) is 5.76. The number of esters is 1. The van der Waals surface area contributed by atoms with Crippen molar-refractivity contribution in [1.29, 1.82) is 0 Å².